The first-order valence-electron chi connectivity index (χ1n) is 10.4. The second-order valence-corrected chi connectivity index (χ2v) is 8.23. The minimum atomic E-state index is -0.155. The summed E-state index contributed by atoms with van der Waals surface area (Å²) in [6, 6.07) is 7.84. The van der Waals surface area contributed by atoms with Gasteiger partial charge in [0.05, 0.1) is 5.60 Å². The molecule has 0 radical (unpaired) electrons. The number of nitrogens with one attached hydrogen (secondary N) is 2. The minimum Gasteiger partial charge on any atom is -0.373 e. The third-order valence-electron chi connectivity index (χ3n) is 5.47. The highest BCUT2D eigenvalue weighted by molar-refractivity contribution is 14.0. The molecule has 3 rings (SSSR count). The van der Waals surface area contributed by atoms with Crippen LogP contribution in [-0.4, -0.2) is 74.8 Å². The predicted molar refractivity (Wildman–Crippen MR) is 133 cm³/mol. The Morgan fingerprint density at radius 3 is 2.50 bits per heavy atom. The molecule has 30 heavy (non-hydrogen) atoms. The van der Waals surface area contributed by atoms with Crippen LogP contribution in [-0.2, 0) is 9.53 Å². The molecule has 168 valence electrons. The van der Waals surface area contributed by atoms with Gasteiger partial charge in [0.15, 0.2) is 5.96 Å². The number of ether oxygens (including phenoxy) is 1. The molecule has 1 aromatic carbocycles. The number of guanidine groups is 1. The Balaban J connectivity index is 0.00000320. The van der Waals surface area contributed by atoms with Crippen molar-refractivity contribution in [1.82, 2.24) is 15.5 Å². The van der Waals surface area contributed by atoms with Crippen molar-refractivity contribution in [3.63, 3.8) is 0 Å². The van der Waals surface area contributed by atoms with E-state index >= 15 is 0 Å². The van der Waals surface area contributed by atoms with E-state index in [0.29, 0.717) is 25.6 Å². The van der Waals surface area contributed by atoms with Gasteiger partial charge in [0.25, 0.3) is 0 Å². The van der Waals surface area contributed by atoms with Crippen molar-refractivity contribution in [1.29, 1.82) is 0 Å². The first-order chi connectivity index (χ1) is 14.0. The summed E-state index contributed by atoms with van der Waals surface area (Å²) in [5.41, 5.74) is 0.985. The predicted octanol–water partition coefficient (Wildman–Crippen LogP) is 2.73. The van der Waals surface area contributed by atoms with Crippen LogP contribution in [0.4, 0.5) is 5.69 Å². The normalized spacial score (nSPS) is 21.9. The number of benzene rings is 1. The average Bonchev–Trinajstić information content (AvgIpc) is 3.17. The zero-order valence-corrected chi connectivity index (χ0v) is 20.9. The molecule has 0 spiro atoms. The lowest BCUT2D eigenvalue weighted by atomic mass is 10.0. The van der Waals surface area contributed by atoms with Crippen molar-refractivity contribution in [2.75, 3.05) is 57.3 Å². The summed E-state index contributed by atoms with van der Waals surface area (Å²) in [6.45, 7) is 9.55. The van der Waals surface area contributed by atoms with Gasteiger partial charge < -0.3 is 25.2 Å². The Kier molecular flexibility index (Phi) is 9.96. The van der Waals surface area contributed by atoms with Crippen LogP contribution in [0.1, 0.15) is 26.7 Å². The number of piperazine rings is 1. The summed E-state index contributed by atoms with van der Waals surface area (Å²) >= 11 is 5.96. The Labute approximate surface area is 201 Å². The molecule has 2 aliphatic heterocycles. The molecule has 0 aliphatic carbocycles. The third kappa shape index (κ3) is 7.16. The monoisotopic (exact) mass is 549 g/mol. The van der Waals surface area contributed by atoms with Gasteiger partial charge >= 0.3 is 0 Å². The Morgan fingerprint density at radius 2 is 1.90 bits per heavy atom. The zero-order chi connectivity index (χ0) is 20.7. The van der Waals surface area contributed by atoms with Gasteiger partial charge in [-0.2, -0.15) is 0 Å². The Morgan fingerprint density at radius 1 is 1.20 bits per heavy atom. The quantitative estimate of drug-likeness (QED) is 0.325. The molecule has 0 saturated carbocycles. The van der Waals surface area contributed by atoms with Gasteiger partial charge in [-0.3, -0.25) is 4.79 Å². The van der Waals surface area contributed by atoms with Gasteiger partial charge in [0, 0.05) is 56.6 Å². The van der Waals surface area contributed by atoms with Crippen molar-refractivity contribution in [3.05, 3.63) is 29.3 Å². The Bertz CT molecular complexity index is 702. The van der Waals surface area contributed by atoms with E-state index in [0.717, 1.165) is 49.8 Å². The van der Waals surface area contributed by atoms with Gasteiger partial charge in [-0.05, 0) is 51.0 Å². The summed E-state index contributed by atoms with van der Waals surface area (Å²) in [7, 11) is 0. The summed E-state index contributed by atoms with van der Waals surface area (Å²) in [4.78, 5) is 21.3. The fraction of sp³-hybridized carbons (Fsp3) is 0.619. The Hall–Kier alpha value is -1.26. The topological polar surface area (TPSA) is 69.2 Å². The number of hydrogen-bond donors (Lipinski definition) is 2. The molecular weight excluding hydrogens is 517 g/mol. The zero-order valence-electron chi connectivity index (χ0n) is 17.8. The first-order valence-corrected chi connectivity index (χ1v) is 10.8. The van der Waals surface area contributed by atoms with Crippen molar-refractivity contribution >= 4 is 53.1 Å². The van der Waals surface area contributed by atoms with Crippen LogP contribution in [0.15, 0.2) is 29.3 Å². The molecule has 7 nitrogen and oxygen atoms in total. The fourth-order valence-electron chi connectivity index (χ4n) is 3.70. The van der Waals surface area contributed by atoms with Gasteiger partial charge in [-0.25, -0.2) is 4.99 Å². The number of anilines is 1. The maximum absolute atomic E-state index is 12.6. The van der Waals surface area contributed by atoms with E-state index in [2.05, 4.69) is 27.4 Å². The standard InChI is InChI=1S/C21H32ClN5O2.HI/c1-3-23-20(25-16-21(2)9-4-14-29-21)24-15-19(28)27-12-10-26(11-13-27)18-7-5-17(22)6-8-18;/h5-8H,3-4,9-16H2,1-2H3,(H2,23,24,25);1H. The molecule has 1 atom stereocenters. The molecule has 0 bridgehead atoms. The van der Waals surface area contributed by atoms with Crippen molar-refractivity contribution < 1.29 is 9.53 Å². The lowest BCUT2D eigenvalue weighted by Gasteiger charge is -2.36. The van der Waals surface area contributed by atoms with Crippen LogP contribution in [0, 0.1) is 0 Å². The largest absolute Gasteiger partial charge is 0.373 e. The molecule has 2 aliphatic rings. The molecule has 1 aromatic rings. The van der Waals surface area contributed by atoms with Crippen LogP contribution >= 0.6 is 35.6 Å². The molecule has 0 aromatic heterocycles. The highest BCUT2D eigenvalue weighted by Crippen LogP contribution is 2.23. The third-order valence-corrected chi connectivity index (χ3v) is 5.72. The lowest BCUT2D eigenvalue weighted by molar-refractivity contribution is -0.129. The van der Waals surface area contributed by atoms with E-state index in [9.17, 15) is 4.79 Å². The maximum atomic E-state index is 12.6. The van der Waals surface area contributed by atoms with Gasteiger partial charge in [0.2, 0.25) is 5.91 Å². The number of carbonyl (C=O) groups excluding carboxylic acids is 1. The number of carbonyl (C=O) groups is 1. The van der Waals surface area contributed by atoms with E-state index < -0.39 is 0 Å². The number of aliphatic imine (C=N–C) groups is 1. The van der Waals surface area contributed by atoms with E-state index in [1.165, 1.54) is 0 Å². The summed E-state index contributed by atoms with van der Waals surface area (Å²) in [5, 5.41) is 7.26. The van der Waals surface area contributed by atoms with Gasteiger partial charge in [-0.15, -0.1) is 24.0 Å². The summed E-state index contributed by atoms with van der Waals surface area (Å²) < 4.78 is 5.81. The van der Waals surface area contributed by atoms with Crippen LogP contribution in [0.2, 0.25) is 5.02 Å². The number of nitrogens with zero attached hydrogens (tertiary/aromatic N) is 3. The van der Waals surface area contributed by atoms with Gasteiger partial charge in [0.1, 0.15) is 6.54 Å². The number of amides is 1. The van der Waals surface area contributed by atoms with E-state index in [-0.39, 0.29) is 42.0 Å². The second-order valence-electron chi connectivity index (χ2n) is 7.79. The fourth-order valence-corrected chi connectivity index (χ4v) is 3.83. The highest BCUT2D eigenvalue weighted by Gasteiger charge is 2.29. The first kappa shape index (κ1) is 25.0. The van der Waals surface area contributed by atoms with E-state index in [1.54, 1.807) is 0 Å². The second kappa shape index (κ2) is 12.0. The van der Waals surface area contributed by atoms with Crippen molar-refractivity contribution in [2.45, 2.75) is 32.3 Å². The summed E-state index contributed by atoms with van der Waals surface area (Å²) in [6.07, 6.45) is 2.13. The smallest absolute Gasteiger partial charge is 0.244 e. The van der Waals surface area contributed by atoms with E-state index in [4.69, 9.17) is 16.3 Å². The molecule has 9 heteroatoms. The van der Waals surface area contributed by atoms with Crippen LogP contribution in [0.5, 0.6) is 0 Å². The van der Waals surface area contributed by atoms with Crippen molar-refractivity contribution in [2.24, 2.45) is 4.99 Å². The van der Waals surface area contributed by atoms with Gasteiger partial charge in [-0.1, -0.05) is 11.6 Å². The highest BCUT2D eigenvalue weighted by atomic mass is 127. The van der Waals surface area contributed by atoms with Crippen LogP contribution in [0.3, 0.4) is 0 Å². The van der Waals surface area contributed by atoms with E-state index in [1.807, 2.05) is 36.1 Å². The van der Waals surface area contributed by atoms with Crippen molar-refractivity contribution in [3.8, 4) is 0 Å². The molecule has 2 N–H and O–H groups in total. The lowest BCUT2D eigenvalue weighted by Crippen LogP contribution is -2.50. The maximum Gasteiger partial charge on any atom is 0.244 e. The SMILES string of the molecule is CCNC(=NCC(=O)N1CCN(c2ccc(Cl)cc2)CC1)NCC1(C)CCCO1.I. The van der Waals surface area contributed by atoms with Crippen LogP contribution in [0.25, 0.3) is 0 Å². The molecule has 1 unspecified atom stereocenters. The molecule has 1 amide bonds. The number of hydrogen-bond acceptors (Lipinski definition) is 4. The van der Waals surface area contributed by atoms with Crippen LogP contribution < -0.4 is 15.5 Å². The number of rotatable bonds is 6. The molecule has 2 saturated heterocycles. The summed E-state index contributed by atoms with van der Waals surface area (Å²) in [5.74, 6) is 0.721. The molecule has 2 heterocycles. The minimum absolute atomic E-state index is 0. The number of halogens is 2. The molecule has 2 fully saturated rings. The average molecular weight is 550 g/mol. The molecular formula is C21H33ClIN5O2.